The molecule has 3 aromatic rings. The Morgan fingerprint density at radius 1 is 0.885 bits per heavy atom. The molecule has 0 spiro atoms. The number of carboxylic acid groups (broad SMARTS) is 1. The number of furan rings is 1. The minimum absolute atomic E-state index is 0.301. The van der Waals surface area contributed by atoms with Crippen LogP contribution < -0.4 is 10.4 Å². The molecule has 1 heterocycles. The number of aliphatic carboxylic acids is 1. The summed E-state index contributed by atoms with van der Waals surface area (Å²) in [5.41, 5.74) is 1.64. The number of hydrogen-bond acceptors (Lipinski definition) is 4. The van der Waals surface area contributed by atoms with E-state index in [1.54, 1.807) is 12.1 Å². The first-order chi connectivity index (χ1) is 12.6. The fraction of sp³-hybridized carbons (Fsp3) is 0.143. The maximum atomic E-state index is 13.1. The largest absolute Gasteiger partial charge is 0.550 e. The first-order valence-electron chi connectivity index (χ1n) is 8.28. The zero-order valence-electron chi connectivity index (χ0n) is 14.0. The molecule has 0 radical (unpaired) electrons. The summed E-state index contributed by atoms with van der Waals surface area (Å²) in [5, 5.41) is 13.9. The number of benzene rings is 2. The lowest BCUT2D eigenvalue weighted by atomic mass is 9.90. The predicted molar refractivity (Wildman–Crippen MR) is 93.9 cm³/mol. The second-order valence-electron chi connectivity index (χ2n) is 5.91. The van der Waals surface area contributed by atoms with Crippen molar-refractivity contribution in [2.75, 3.05) is 0 Å². The quantitative estimate of drug-likeness (QED) is 0.711. The summed E-state index contributed by atoms with van der Waals surface area (Å²) in [5.74, 6) is -1.74. The summed E-state index contributed by atoms with van der Waals surface area (Å²) < 4.78 is 5.28. The second kappa shape index (κ2) is 8.16. The van der Waals surface area contributed by atoms with Crippen molar-refractivity contribution in [2.45, 2.75) is 18.4 Å². The summed E-state index contributed by atoms with van der Waals surface area (Å²) in [6.45, 7) is 0. The van der Waals surface area contributed by atoms with Crippen molar-refractivity contribution in [2.24, 2.45) is 0 Å². The molecule has 5 heteroatoms. The van der Waals surface area contributed by atoms with Crippen LogP contribution in [0.4, 0.5) is 0 Å². The Balaban J connectivity index is 1.91. The molecule has 0 saturated heterocycles. The molecule has 1 aromatic heterocycles. The van der Waals surface area contributed by atoms with E-state index in [0.717, 1.165) is 11.1 Å². The summed E-state index contributed by atoms with van der Waals surface area (Å²) >= 11 is 0. The molecule has 5 nitrogen and oxygen atoms in total. The van der Waals surface area contributed by atoms with Crippen LogP contribution >= 0.6 is 0 Å². The third kappa shape index (κ3) is 4.19. The average molecular weight is 348 g/mol. The van der Waals surface area contributed by atoms with Crippen molar-refractivity contribution in [1.29, 1.82) is 0 Å². The highest BCUT2D eigenvalue weighted by molar-refractivity contribution is 5.87. The van der Waals surface area contributed by atoms with Gasteiger partial charge >= 0.3 is 0 Å². The highest BCUT2D eigenvalue weighted by Crippen LogP contribution is 2.27. The lowest BCUT2D eigenvalue weighted by Gasteiger charge is -2.22. The number of hydrogen-bond donors (Lipinski definition) is 1. The van der Waals surface area contributed by atoms with Crippen LogP contribution in [-0.4, -0.2) is 11.9 Å². The number of nitrogens with one attached hydrogen (secondary N) is 1. The van der Waals surface area contributed by atoms with Gasteiger partial charge in [-0.05, 0) is 23.3 Å². The second-order valence-corrected chi connectivity index (χ2v) is 5.91. The normalized spacial score (nSPS) is 11.9. The van der Waals surface area contributed by atoms with E-state index < -0.39 is 17.9 Å². The zero-order valence-corrected chi connectivity index (χ0v) is 14.0. The maximum Gasteiger partial charge on any atom is 0.232 e. The Labute approximate surface area is 151 Å². The number of carbonyl (C=O) groups excluding carboxylic acids is 2. The maximum absolute atomic E-state index is 13.1. The molecule has 2 aromatic carbocycles. The number of carbonyl (C=O) groups is 2. The molecule has 0 saturated carbocycles. The van der Waals surface area contributed by atoms with Crippen LogP contribution in [0.1, 0.15) is 35.3 Å². The Bertz CT molecular complexity index is 805. The van der Waals surface area contributed by atoms with Gasteiger partial charge in [0.15, 0.2) is 0 Å². The van der Waals surface area contributed by atoms with E-state index in [2.05, 4.69) is 5.32 Å². The molecule has 132 valence electrons. The fourth-order valence-electron chi connectivity index (χ4n) is 2.92. The van der Waals surface area contributed by atoms with Crippen molar-refractivity contribution in [1.82, 2.24) is 5.32 Å². The zero-order chi connectivity index (χ0) is 18.4. The van der Waals surface area contributed by atoms with Gasteiger partial charge in [0.1, 0.15) is 5.76 Å². The van der Waals surface area contributed by atoms with Gasteiger partial charge in [0.2, 0.25) is 5.91 Å². The van der Waals surface area contributed by atoms with E-state index in [4.69, 9.17) is 4.42 Å². The molecule has 0 unspecified atom stereocenters. The molecule has 1 amide bonds. The molecule has 0 aliphatic carbocycles. The van der Waals surface area contributed by atoms with Gasteiger partial charge in [-0.3, -0.25) is 4.79 Å². The van der Waals surface area contributed by atoms with Crippen molar-refractivity contribution in [3.8, 4) is 0 Å². The van der Waals surface area contributed by atoms with Crippen LogP contribution in [-0.2, 0) is 9.59 Å². The lowest BCUT2D eigenvalue weighted by Crippen LogP contribution is -2.37. The molecular weight excluding hydrogens is 330 g/mol. The van der Waals surface area contributed by atoms with Gasteiger partial charge in [-0.2, -0.15) is 0 Å². The van der Waals surface area contributed by atoms with Gasteiger partial charge in [-0.15, -0.1) is 0 Å². The van der Waals surface area contributed by atoms with Gasteiger partial charge in [0, 0.05) is 12.4 Å². The summed E-state index contributed by atoms with van der Waals surface area (Å²) in [6, 6.07) is 21.2. The Hall–Kier alpha value is -3.34. The average Bonchev–Trinajstić information content (AvgIpc) is 3.17. The molecular formula is C21H18NO4-. The number of carboxylic acids is 1. The summed E-state index contributed by atoms with van der Waals surface area (Å²) in [6.07, 6.45) is 1.07. The van der Waals surface area contributed by atoms with Crippen LogP contribution in [0.2, 0.25) is 0 Å². The smallest absolute Gasteiger partial charge is 0.232 e. The minimum atomic E-state index is -1.26. The third-order valence-corrected chi connectivity index (χ3v) is 4.10. The summed E-state index contributed by atoms with van der Waals surface area (Å²) in [4.78, 5) is 24.2. The van der Waals surface area contributed by atoms with Crippen LogP contribution in [0.3, 0.4) is 0 Å². The molecule has 0 bridgehead atoms. The number of rotatable bonds is 7. The van der Waals surface area contributed by atoms with Crippen molar-refractivity contribution in [3.05, 3.63) is 95.9 Å². The van der Waals surface area contributed by atoms with Gasteiger partial charge in [-0.25, -0.2) is 0 Å². The Morgan fingerprint density at radius 2 is 1.46 bits per heavy atom. The molecule has 1 N–H and O–H groups in total. The van der Waals surface area contributed by atoms with E-state index >= 15 is 0 Å². The number of amides is 1. The van der Waals surface area contributed by atoms with E-state index in [9.17, 15) is 14.7 Å². The van der Waals surface area contributed by atoms with Gasteiger partial charge in [0.05, 0.1) is 18.2 Å². The van der Waals surface area contributed by atoms with Gasteiger partial charge in [-0.1, -0.05) is 60.7 Å². The standard InChI is InChI=1S/C21H19NO4/c23-19(24)14-17(18-12-7-13-26-18)22-21(25)20(15-8-3-1-4-9-15)16-10-5-2-6-11-16/h1-13,17,20H,14H2,(H,22,25)(H,23,24)/p-1/t17-/m0/s1. The third-order valence-electron chi connectivity index (χ3n) is 4.10. The monoisotopic (exact) mass is 348 g/mol. The van der Waals surface area contributed by atoms with E-state index in [1.165, 1.54) is 6.26 Å². The van der Waals surface area contributed by atoms with Crippen LogP contribution in [0.15, 0.2) is 83.5 Å². The fourth-order valence-corrected chi connectivity index (χ4v) is 2.92. The topological polar surface area (TPSA) is 82.4 Å². The van der Waals surface area contributed by atoms with E-state index in [1.807, 2.05) is 60.7 Å². The van der Waals surface area contributed by atoms with Gasteiger partial charge in [0.25, 0.3) is 0 Å². The van der Waals surface area contributed by atoms with Crippen LogP contribution in [0.25, 0.3) is 0 Å². The van der Waals surface area contributed by atoms with E-state index in [-0.39, 0.29) is 12.3 Å². The lowest BCUT2D eigenvalue weighted by molar-refractivity contribution is -0.306. The first kappa shape index (κ1) is 17.5. The van der Waals surface area contributed by atoms with Crippen molar-refractivity contribution in [3.63, 3.8) is 0 Å². The molecule has 26 heavy (non-hydrogen) atoms. The molecule has 0 aliphatic rings. The molecule has 1 atom stereocenters. The minimum Gasteiger partial charge on any atom is -0.550 e. The highest BCUT2D eigenvalue weighted by atomic mass is 16.4. The SMILES string of the molecule is O=C([O-])C[C@H](NC(=O)C(c1ccccc1)c1ccccc1)c1ccco1. The van der Waals surface area contributed by atoms with Crippen LogP contribution in [0.5, 0.6) is 0 Å². The van der Waals surface area contributed by atoms with Gasteiger partial charge < -0.3 is 19.6 Å². The highest BCUT2D eigenvalue weighted by Gasteiger charge is 2.26. The predicted octanol–water partition coefficient (Wildman–Crippen LogP) is 2.41. The Kier molecular flexibility index (Phi) is 5.49. The molecule has 3 rings (SSSR count). The van der Waals surface area contributed by atoms with Crippen molar-refractivity contribution < 1.29 is 19.1 Å². The van der Waals surface area contributed by atoms with Crippen LogP contribution in [0, 0.1) is 0 Å². The van der Waals surface area contributed by atoms with Crippen molar-refractivity contribution >= 4 is 11.9 Å². The first-order valence-corrected chi connectivity index (χ1v) is 8.28. The molecule has 0 aliphatic heterocycles. The molecule has 0 fully saturated rings. The Morgan fingerprint density at radius 3 is 1.92 bits per heavy atom. The van der Waals surface area contributed by atoms with E-state index in [0.29, 0.717) is 5.76 Å². The summed E-state index contributed by atoms with van der Waals surface area (Å²) in [7, 11) is 0.